The minimum Gasteiger partial charge on any atom is -0.493 e. The Bertz CT molecular complexity index is 586. The molecule has 0 unspecified atom stereocenters. The molecule has 138 valence electrons. The Labute approximate surface area is 150 Å². The van der Waals surface area contributed by atoms with E-state index in [-0.39, 0.29) is 11.8 Å². The highest BCUT2D eigenvalue weighted by Gasteiger charge is 2.15. The quantitative estimate of drug-likeness (QED) is 0.736. The topological polar surface area (TPSA) is 58.6 Å². The third-order valence-electron chi connectivity index (χ3n) is 4.53. The van der Waals surface area contributed by atoms with Gasteiger partial charge >= 0.3 is 0 Å². The maximum atomic E-state index is 11.9. The molecule has 1 fully saturated rings. The van der Waals surface area contributed by atoms with Gasteiger partial charge in [0.2, 0.25) is 11.8 Å². The fourth-order valence-electron chi connectivity index (χ4n) is 2.98. The van der Waals surface area contributed by atoms with Gasteiger partial charge in [0, 0.05) is 26.1 Å². The number of rotatable bonds is 8. The predicted octanol–water partition coefficient (Wildman–Crippen LogP) is 2.98. The van der Waals surface area contributed by atoms with Crippen molar-refractivity contribution in [1.29, 1.82) is 0 Å². The SMILES string of the molecule is Cc1ccc(C)c(OCCC(=O)NCCCN2CCCCCC2=O)c1. The van der Waals surface area contributed by atoms with Crippen molar-refractivity contribution in [2.45, 2.75) is 52.4 Å². The van der Waals surface area contributed by atoms with E-state index in [1.807, 2.05) is 36.9 Å². The zero-order valence-corrected chi connectivity index (χ0v) is 15.5. The van der Waals surface area contributed by atoms with Crippen LogP contribution in [-0.2, 0) is 9.59 Å². The van der Waals surface area contributed by atoms with Crippen molar-refractivity contribution in [1.82, 2.24) is 10.2 Å². The average molecular weight is 346 g/mol. The van der Waals surface area contributed by atoms with Gasteiger partial charge in [-0.2, -0.15) is 0 Å². The van der Waals surface area contributed by atoms with Gasteiger partial charge in [-0.3, -0.25) is 9.59 Å². The minimum absolute atomic E-state index is 0.00695. The van der Waals surface area contributed by atoms with E-state index in [0.717, 1.165) is 55.6 Å². The molecule has 1 aliphatic rings. The number of ether oxygens (including phenoxy) is 1. The van der Waals surface area contributed by atoms with Gasteiger partial charge in [-0.15, -0.1) is 0 Å². The van der Waals surface area contributed by atoms with Crippen molar-refractivity contribution >= 4 is 11.8 Å². The van der Waals surface area contributed by atoms with E-state index >= 15 is 0 Å². The molecule has 1 N–H and O–H groups in total. The summed E-state index contributed by atoms with van der Waals surface area (Å²) < 4.78 is 5.70. The molecule has 5 heteroatoms. The number of aryl methyl sites for hydroxylation is 2. The first-order valence-electron chi connectivity index (χ1n) is 9.31. The summed E-state index contributed by atoms with van der Waals surface area (Å²) in [7, 11) is 0. The van der Waals surface area contributed by atoms with E-state index in [9.17, 15) is 9.59 Å². The molecular weight excluding hydrogens is 316 g/mol. The van der Waals surface area contributed by atoms with E-state index in [1.54, 1.807) is 0 Å². The minimum atomic E-state index is -0.00695. The summed E-state index contributed by atoms with van der Waals surface area (Å²) in [6.07, 6.45) is 5.05. The third kappa shape index (κ3) is 6.77. The second-order valence-corrected chi connectivity index (χ2v) is 6.76. The lowest BCUT2D eigenvalue weighted by Gasteiger charge is -2.20. The van der Waals surface area contributed by atoms with Gasteiger partial charge in [0.25, 0.3) is 0 Å². The number of carbonyl (C=O) groups is 2. The fourth-order valence-corrected chi connectivity index (χ4v) is 2.98. The summed E-state index contributed by atoms with van der Waals surface area (Å²) in [5.74, 6) is 1.09. The van der Waals surface area contributed by atoms with Crippen LogP contribution in [0.5, 0.6) is 5.75 Å². The van der Waals surface area contributed by atoms with E-state index in [0.29, 0.717) is 26.0 Å². The van der Waals surface area contributed by atoms with Crippen LogP contribution in [0, 0.1) is 13.8 Å². The van der Waals surface area contributed by atoms with Crippen molar-refractivity contribution < 1.29 is 14.3 Å². The normalized spacial score (nSPS) is 15.0. The second-order valence-electron chi connectivity index (χ2n) is 6.76. The van der Waals surface area contributed by atoms with Crippen LogP contribution in [-0.4, -0.2) is 43.0 Å². The summed E-state index contributed by atoms with van der Waals surface area (Å²) in [5.41, 5.74) is 2.22. The number of carbonyl (C=O) groups excluding carboxylic acids is 2. The largest absolute Gasteiger partial charge is 0.493 e. The highest BCUT2D eigenvalue weighted by atomic mass is 16.5. The molecule has 1 aromatic rings. The Morgan fingerprint density at radius 1 is 1.24 bits per heavy atom. The van der Waals surface area contributed by atoms with Crippen LogP contribution in [0.3, 0.4) is 0 Å². The van der Waals surface area contributed by atoms with E-state index < -0.39 is 0 Å². The van der Waals surface area contributed by atoms with Crippen molar-refractivity contribution in [3.63, 3.8) is 0 Å². The molecule has 0 radical (unpaired) electrons. The van der Waals surface area contributed by atoms with Gasteiger partial charge in [0.1, 0.15) is 5.75 Å². The number of nitrogens with zero attached hydrogens (tertiary/aromatic N) is 1. The molecule has 0 aromatic heterocycles. The third-order valence-corrected chi connectivity index (χ3v) is 4.53. The van der Waals surface area contributed by atoms with E-state index in [4.69, 9.17) is 4.74 Å². The van der Waals surface area contributed by atoms with Crippen LogP contribution < -0.4 is 10.1 Å². The molecule has 0 bridgehead atoms. The highest BCUT2D eigenvalue weighted by Crippen LogP contribution is 2.19. The van der Waals surface area contributed by atoms with Crippen LogP contribution in [0.1, 0.15) is 49.7 Å². The summed E-state index contributed by atoms with van der Waals surface area (Å²) in [6, 6.07) is 6.06. The van der Waals surface area contributed by atoms with Crippen molar-refractivity contribution in [2.24, 2.45) is 0 Å². The standard InChI is InChI=1S/C20H30N2O3/c1-16-8-9-17(2)18(15-16)25-14-10-19(23)21-11-6-13-22-12-5-3-4-7-20(22)24/h8-9,15H,3-7,10-14H2,1-2H3,(H,21,23). The van der Waals surface area contributed by atoms with E-state index in [1.165, 1.54) is 0 Å². The molecule has 0 spiro atoms. The van der Waals surface area contributed by atoms with Gasteiger partial charge in [-0.1, -0.05) is 18.6 Å². The first-order chi connectivity index (χ1) is 12.1. The molecule has 2 amide bonds. The average Bonchev–Trinajstić information content (AvgIpc) is 2.79. The Hall–Kier alpha value is -2.04. The molecule has 5 nitrogen and oxygen atoms in total. The molecule has 0 aliphatic carbocycles. The number of nitrogens with one attached hydrogen (secondary N) is 1. The van der Waals surface area contributed by atoms with Crippen LogP contribution in [0.2, 0.25) is 0 Å². The number of hydrogen-bond acceptors (Lipinski definition) is 3. The predicted molar refractivity (Wildman–Crippen MR) is 98.7 cm³/mol. The number of hydrogen-bond donors (Lipinski definition) is 1. The van der Waals surface area contributed by atoms with Crippen LogP contribution in [0.4, 0.5) is 0 Å². The maximum Gasteiger partial charge on any atom is 0.223 e. The summed E-state index contributed by atoms with van der Waals surface area (Å²) in [6.45, 7) is 6.59. The first kappa shape index (κ1) is 19.3. The first-order valence-corrected chi connectivity index (χ1v) is 9.31. The van der Waals surface area contributed by atoms with E-state index in [2.05, 4.69) is 5.32 Å². The maximum absolute atomic E-state index is 11.9. The zero-order chi connectivity index (χ0) is 18.1. The molecule has 1 saturated heterocycles. The van der Waals surface area contributed by atoms with Crippen LogP contribution >= 0.6 is 0 Å². The Balaban J connectivity index is 1.59. The summed E-state index contributed by atoms with van der Waals surface area (Å²) >= 11 is 0. The lowest BCUT2D eigenvalue weighted by atomic mass is 10.1. The summed E-state index contributed by atoms with van der Waals surface area (Å²) in [5, 5.41) is 2.91. The number of likely N-dealkylation sites (tertiary alicyclic amines) is 1. The molecular formula is C20H30N2O3. The van der Waals surface area contributed by atoms with Crippen LogP contribution in [0.15, 0.2) is 18.2 Å². The Kier molecular flexibility index (Phi) is 7.76. The smallest absolute Gasteiger partial charge is 0.223 e. The lowest BCUT2D eigenvalue weighted by molar-refractivity contribution is -0.130. The van der Waals surface area contributed by atoms with Gasteiger partial charge in [-0.25, -0.2) is 0 Å². The lowest BCUT2D eigenvalue weighted by Crippen LogP contribution is -2.34. The molecule has 1 heterocycles. The van der Waals surface area contributed by atoms with Gasteiger partial charge in [-0.05, 0) is 50.3 Å². The molecule has 0 saturated carbocycles. The Morgan fingerprint density at radius 2 is 2.08 bits per heavy atom. The van der Waals surface area contributed by atoms with Gasteiger partial charge in [0.05, 0.1) is 13.0 Å². The molecule has 2 rings (SSSR count). The van der Waals surface area contributed by atoms with Crippen molar-refractivity contribution in [3.8, 4) is 5.75 Å². The number of benzene rings is 1. The molecule has 0 atom stereocenters. The van der Waals surface area contributed by atoms with Crippen LogP contribution in [0.25, 0.3) is 0 Å². The molecule has 1 aromatic carbocycles. The summed E-state index contributed by atoms with van der Waals surface area (Å²) in [4.78, 5) is 25.7. The number of amides is 2. The highest BCUT2D eigenvalue weighted by molar-refractivity contribution is 5.76. The molecule has 1 aliphatic heterocycles. The van der Waals surface area contributed by atoms with Gasteiger partial charge in [0.15, 0.2) is 0 Å². The second kappa shape index (κ2) is 10.1. The van der Waals surface area contributed by atoms with Crippen molar-refractivity contribution in [2.75, 3.05) is 26.2 Å². The monoisotopic (exact) mass is 346 g/mol. The molecule has 25 heavy (non-hydrogen) atoms. The van der Waals surface area contributed by atoms with Crippen molar-refractivity contribution in [3.05, 3.63) is 29.3 Å². The Morgan fingerprint density at radius 3 is 2.92 bits per heavy atom. The fraction of sp³-hybridized carbons (Fsp3) is 0.600. The van der Waals surface area contributed by atoms with Gasteiger partial charge < -0.3 is 15.0 Å². The zero-order valence-electron chi connectivity index (χ0n) is 15.5.